The van der Waals surface area contributed by atoms with Crippen LogP contribution in [0.5, 0.6) is 5.75 Å². The van der Waals surface area contributed by atoms with Gasteiger partial charge in [-0.1, -0.05) is 11.6 Å². The third-order valence-electron chi connectivity index (χ3n) is 7.00. The summed E-state index contributed by atoms with van der Waals surface area (Å²) in [7, 11) is 1.43. The first-order chi connectivity index (χ1) is 17.8. The number of rotatable bonds is 9. The quantitative estimate of drug-likeness (QED) is 0.407. The number of fused-ring (bicyclic) bond motifs is 1. The molecule has 0 saturated heterocycles. The Morgan fingerprint density at radius 2 is 1.97 bits per heavy atom. The average Bonchev–Trinajstić information content (AvgIpc) is 3.53. The van der Waals surface area contributed by atoms with Crippen LogP contribution in [-0.2, 0) is 9.53 Å². The molecule has 2 heterocycles. The molecule has 3 N–H and O–H groups in total. The molecule has 9 nitrogen and oxygen atoms in total. The highest BCUT2D eigenvalue weighted by Crippen LogP contribution is 2.37. The molecule has 10 heteroatoms. The van der Waals surface area contributed by atoms with Crippen molar-refractivity contribution in [3.63, 3.8) is 0 Å². The first-order valence-corrected chi connectivity index (χ1v) is 12.6. The van der Waals surface area contributed by atoms with Crippen LogP contribution in [0.4, 0.5) is 4.39 Å². The molecule has 0 spiro atoms. The SMILES string of the molecule is COCC(=O)N[C@H]1C[C@@H](F)[C@H](NC(=O)c2c(C)[nH]c3c(-c4cc(C)ccc4OCC4CC4)ncnc23)C1. The number of benzene rings is 1. The summed E-state index contributed by atoms with van der Waals surface area (Å²) in [6.07, 6.45) is 2.98. The number of aryl methyl sites for hydroxylation is 2. The van der Waals surface area contributed by atoms with Crippen molar-refractivity contribution in [1.29, 1.82) is 0 Å². The highest BCUT2D eigenvalue weighted by Gasteiger charge is 2.37. The lowest BCUT2D eigenvalue weighted by molar-refractivity contribution is -0.125. The van der Waals surface area contributed by atoms with Crippen LogP contribution in [0.15, 0.2) is 24.5 Å². The minimum Gasteiger partial charge on any atom is -0.493 e. The number of nitrogens with zero attached hydrogens (tertiary/aromatic N) is 2. The summed E-state index contributed by atoms with van der Waals surface area (Å²) in [6.45, 7) is 4.37. The van der Waals surface area contributed by atoms with Crippen molar-refractivity contribution in [1.82, 2.24) is 25.6 Å². The number of hydrogen-bond acceptors (Lipinski definition) is 6. The van der Waals surface area contributed by atoms with E-state index in [0.717, 1.165) is 16.9 Å². The first-order valence-electron chi connectivity index (χ1n) is 12.6. The zero-order chi connectivity index (χ0) is 26.1. The van der Waals surface area contributed by atoms with Crippen LogP contribution in [0.2, 0.25) is 0 Å². The van der Waals surface area contributed by atoms with E-state index < -0.39 is 18.1 Å². The third-order valence-corrected chi connectivity index (χ3v) is 7.00. The zero-order valence-corrected chi connectivity index (χ0v) is 21.3. The molecule has 0 radical (unpaired) electrons. The number of methoxy groups -OCH3 is 1. The molecule has 2 saturated carbocycles. The van der Waals surface area contributed by atoms with Gasteiger partial charge < -0.3 is 25.1 Å². The minimum atomic E-state index is -1.27. The van der Waals surface area contributed by atoms with Gasteiger partial charge in [-0.2, -0.15) is 0 Å². The van der Waals surface area contributed by atoms with Crippen molar-refractivity contribution >= 4 is 22.8 Å². The van der Waals surface area contributed by atoms with Crippen molar-refractivity contribution in [2.24, 2.45) is 5.92 Å². The maximum Gasteiger partial charge on any atom is 0.255 e. The van der Waals surface area contributed by atoms with Gasteiger partial charge in [0, 0.05) is 30.8 Å². The molecule has 5 rings (SSSR count). The van der Waals surface area contributed by atoms with E-state index in [1.54, 1.807) is 6.92 Å². The van der Waals surface area contributed by atoms with Crippen LogP contribution in [0.3, 0.4) is 0 Å². The Balaban J connectivity index is 1.39. The van der Waals surface area contributed by atoms with Gasteiger partial charge in [-0.3, -0.25) is 9.59 Å². The van der Waals surface area contributed by atoms with Crippen molar-refractivity contribution < 1.29 is 23.5 Å². The van der Waals surface area contributed by atoms with Crippen LogP contribution in [0.1, 0.15) is 47.3 Å². The molecule has 2 amide bonds. The molecule has 2 fully saturated rings. The molecular formula is C27H32FN5O4. The van der Waals surface area contributed by atoms with Gasteiger partial charge in [0.05, 0.1) is 23.7 Å². The molecule has 2 aliphatic rings. The van der Waals surface area contributed by atoms with E-state index in [0.29, 0.717) is 46.9 Å². The number of hydrogen-bond donors (Lipinski definition) is 3. The molecule has 3 aromatic rings. The lowest BCUT2D eigenvalue weighted by Gasteiger charge is -2.15. The van der Waals surface area contributed by atoms with Gasteiger partial charge in [-0.15, -0.1) is 0 Å². The number of aromatic nitrogens is 3. The van der Waals surface area contributed by atoms with E-state index in [1.165, 1.54) is 26.3 Å². The fourth-order valence-electron chi connectivity index (χ4n) is 4.94. The number of aromatic amines is 1. The fourth-order valence-corrected chi connectivity index (χ4v) is 4.94. The molecule has 0 unspecified atom stereocenters. The second-order valence-corrected chi connectivity index (χ2v) is 10.1. The summed E-state index contributed by atoms with van der Waals surface area (Å²) >= 11 is 0. The number of halogens is 1. The van der Waals surface area contributed by atoms with Crippen LogP contribution in [0, 0.1) is 19.8 Å². The predicted molar refractivity (Wildman–Crippen MR) is 136 cm³/mol. The van der Waals surface area contributed by atoms with Crippen molar-refractivity contribution in [3.05, 3.63) is 41.3 Å². The van der Waals surface area contributed by atoms with Gasteiger partial charge in [0.1, 0.15) is 36.1 Å². The maximum absolute atomic E-state index is 14.7. The minimum absolute atomic E-state index is 0.0880. The normalized spacial score (nSPS) is 21.2. The van der Waals surface area contributed by atoms with Gasteiger partial charge in [0.15, 0.2) is 0 Å². The molecule has 3 atom stereocenters. The lowest BCUT2D eigenvalue weighted by Crippen LogP contribution is -2.40. The molecule has 2 aromatic heterocycles. The van der Waals surface area contributed by atoms with Crippen LogP contribution in [-0.4, -0.2) is 65.3 Å². The topological polar surface area (TPSA) is 118 Å². The van der Waals surface area contributed by atoms with Crippen LogP contribution >= 0.6 is 0 Å². The standard InChI is InChI=1S/C27H32FN5O4/c1-14-4-7-21(37-11-16-5-6-16)18(8-14)24-26-25(30-13-29-24)23(15(2)31-26)27(35)33-20-10-17(9-19(20)28)32-22(34)12-36-3/h4,7-8,13,16-17,19-20,31H,5-6,9-12H2,1-3H3,(H,32,34)(H,33,35)/t17-,19+,20+/m0/s1. The fraction of sp³-hybridized carbons (Fsp3) is 0.481. The summed E-state index contributed by atoms with van der Waals surface area (Å²) in [6, 6.07) is 4.89. The Hall–Kier alpha value is -3.53. The number of nitrogens with one attached hydrogen (secondary N) is 3. The van der Waals surface area contributed by atoms with Gasteiger partial charge >= 0.3 is 0 Å². The summed E-state index contributed by atoms with van der Waals surface area (Å²) in [5, 5.41) is 5.57. The summed E-state index contributed by atoms with van der Waals surface area (Å²) in [5.74, 6) is 0.619. The Morgan fingerprint density at radius 1 is 1.16 bits per heavy atom. The third kappa shape index (κ3) is 5.44. The second kappa shape index (κ2) is 10.5. The molecule has 2 aliphatic carbocycles. The number of H-pyrrole nitrogens is 1. The highest BCUT2D eigenvalue weighted by atomic mass is 19.1. The molecule has 196 valence electrons. The van der Waals surface area contributed by atoms with Crippen LogP contribution < -0.4 is 15.4 Å². The Kier molecular flexibility index (Phi) is 7.10. The smallest absolute Gasteiger partial charge is 0.255 e. The number of amides is 2. The van der Waals surface area contributed by atoms with E-state index in [2.05, 4.69) is 25.6 Å². The van der Waals surface area contributed by atoms with Crippen LogP contribution in [0.25, 0.3) is 22.3 Å². The Morgan fingerprint density at radius 3 is 2.73 bits per heavy atom. The molecule has 1 aromatic carbocycles. The molecule has 37 heavy (non-hydrogen) atoms. The Labute approximate surface area is 214 Å². The lowest BCUT2D eigenvalue weighted by atomic mass is 10.1. The van der Waals surface area contributed by atoms with E-state index in [1.807, 2.05) is 25.1 Å². The van der Waals surface area contributed by atoms with E-state index in [-0.39, 0.29) is 25.0 Å². The van der Waals surface area contributed by atoms with E-state index >= 15 is 0 Å². The number of alkyl halides is 1. The zero-order valence-electron chi connectivity index (χ0n) is 21.3. The Bertz CT molecular complexity index is 1320. The average molecular weight is 510 g/mol. The summed E-state index contributed by atoms with van der Waals surface area (Å²) in [4.78, 5) is 37.4. The molecule has 0 bridgehead atoms. The van der Waals surface area contributed by atoms with Crippen molar-refractivity contribution in [2.75, 3.05) is 20.3 Å². The van der Waals surface area contributed by atoms with Gasteiger partial charge in [0.25, 0.3) is 5.91 Å². The second-order valence-electron chi connectivity index (χ2n) is 10.1. The molecular weight excluding hydrogens is 477 g/mol. The molecule has 0 aliphatic heterocycles. The first kappa shape index (κ1) is 25.1. The van der Waals surface area contributed by atoms with Crippen molar-refractivity contribution in [3.8, 4) is 17.0 Å². The van der Waals surface area contributed by atoms with Gasteiger partial charge in [0.2, 0.25) is 5.91 Å². The highest BCUT2D eigenvalue weighted by molar-refractivity contribution is 6.09. The van der Waals surface area contributed by atoms with E-state index in [4.69, 9.17) is 9.47 Å². The predicted octanol–water partition coefficient (Wildman–Crippen LogP) is 3.39. The largest absolute Gasteiger partial charge is 0.493 e. The number of carbonyl (C=O) groups excluding carboxylic acids is 2. The monoisotopic (exact) mass is 509 g/mol. The summed E-state index contributed by atoms with van der Waals surface area (Å²) in [5.41, 5.74) is 4.59. The number of ether oxygens (including phenoxy) is 2. The van der Waals surface area contributed by atoms with Gasteiger partial charge in [-0.05, 0) is 51.2 Å². The van der Waals surface area contributed by atoms with Crippen molar-refractivity contribution in [2.45, 2.75) is 57.8 Å². The number of carbonyl (C=O) groups is 2. The maximum atomic E-state index is 14.7. The van der Waals surface area contributed by atoms with E-state index in [9.17, 15) is 14.0 Å². The van der Waals surface area contributed by atoms with Gasteiger partial charge in [-0.25, -0.2) is 14.4 Å². The summed E-state index contributed by atoms with van der Waals surface area (Å²) < 4.78 is 25.7.